The molecule has 1 amide bonds. The summed E-state index contributed by atoms with van der Waals surface area (Å²) < 4.78 is 33.0. The van der Waals surface area contributed by atoms with Crippen LogP contribution in [0.5, 0.6) is 0 Å². The topological polar surface area (TPSA) is 114 Å². The molecule has 0 unspecified atom stereocenters. The molecular weight excluding hydrogens is 428 g/mol. The van der Waals surface area contributed by atoms with Gasteiger partial charge in [-0.1, -0.05) is 59.8 Å². The summed E-state index contributed by atoms with van der Waals surface area (Å²) in [5, 5.41) is 6.63. The Kier molecular flexibility index (Phi) is 6.00. The van der Waals surface area contributed by atoms with E-state index in [0.717, 1.165) is 5.56 Å². The molecule has 9 heteroatoms. The maximum absolute atomic E-state index is 12.6. The molecule has 3 aromatic carbocycles. The van der Waals surface area contributed by atoms with Crippen LogP contribution in [0, 0.1) is 6.92 Å². The van der Waals surface area contributed by atoms with Gasteiger partial charge in [-0.15, -0.1) is 0 Å². The van der Waals surface area contributed by atoms with Gasteiger partial charge in [0.2, 0.25) is 11.7 Å². The first kappa shape index (κ1) is 21.3. The van der Waals surface area contributed by atoms with Crippen molar-refractivity contribution in [3.8, 4) is 11.4 Å². The number of hydrogen-bond donors (Lipinski definition) is 2. The highest BCUT2D eigenvalue weighted by molar-refractivity contribution is 7.92. The summed E-state index contributed by atoms with van der Waals surface area (Å²) in [6.45, 7) is 1.80. The summed E-state index contributed by atoms with van der Waals surface area (Å²) in [6.07, 6.45) is 0. The number of carbonyl (C=O) groups excluding carboxylic acids is 1. The molecule has 0 bridgehead atoms. The summed E-state index contributed by atoms with van der Waals surface area (Å²) in [6, 6.07) is 22.2. The molecule has 4 rings (SSSR count). The van der Waals surface area contributed by atoms with Gasteiger partial charge in [-0.2, -0.15) is 4.98 Å². The van der Waals surface area contributed by atoms with E-state index in [9.17, 15) is 13.2 Å². The third-order valence-corrected chi connectivity index (χ3v) is 6.08. The predicted octanol–water partition coefficient (Wildman–Crippen LogP) is 3.78. The SMILES string of the molecule is Cc1ccc(C(=O)NCc2nc(-c3ccccc3)no2)cc1NS(=O)(=O)c1ccccc1. The Hall–Kier alpha value is -3.98. The van der Waals surface area contributed by atoms with E-state index in [2.05, 4.69) is 20.2 Å². The Morgan fingerprint density at radius 2 is 1.66 bits per heavy atom. The van der Waals surface area contributed by atoms with Crippen LogP contribution < -0.4 is 10.0 Å². The Morgan fingerprint density at radius 3 is 2.38 bits per heavy atom. The third kappa shape index (κ3) is 4.84. The maximum atomic E-state index is 12.6. The number of nitrogens with one attached hydrogen (secondary N) is 2. The maximum Gasteiger partial charge on any atom is 0.261 e. The molecule has 0 aliphatic carbocycles. The summed E-state index contributed by atoms with van der Waals surface area (Å²) in [5.74, 6) is 0.293. The summed E-state index contributed by atoms with van der Waals surface area (Å²) in [4.78, 5) is 17.0. The number of sulfonamides is 1. The molecule has 0 saturated heterocycles. The van der Waals surface area contributed by atoms with Gasteiger partial charge in [-0.05, 0) is 36.8 Å². The van der Waals surface area contributed by atoms with E-state index in [1.54, 1.807) is 37.3 Å². The zero-order valence-corrected chi connectivity index (χ0v) is 18.0. The average molecular weight is 449 g/mol. The van der Waals surface area contributed by atoms with Gasteiger partial charge >= 0.3 is 0 Å². The van der Waals surface area contributed by atoms with E-state index in [4.69, 9.17) is 4.52 Å². The second-order valence-electron chi connectivity index (χ2n) is 7.01. The van der Waals surface area contributed by atoms with Crippen molar-refractivity contribution < 1.29 is 17.7 Å². The normalized spacial score (nSPS) is 11.2. The number of amides is 1. The first-order valence-corrected chi connectivity index (χ1v) is 11.3. The monoisotopic (exact) mass is 448 g/mol. The Balaban J connectivity index is 1.45. The lowest BCUT2D eigenvalue weighted by molar-refractivity contribution is 0.0946. The Morgan fingerprint density at radius 1 is 0.969 bits per heavy atom. The minimum atomic E-state index is -3.77. The first-order chi connectivity index (χ1) is 15.4. The average Bonchev–Trinajstić information content (AvgIpc) is 3.29. The van der Waals surface area contributed by atoms with E-state index in [1.807, 2.05) is 30.3 Å². The number of aryl methyl sites for hydroxylation is 1. The molecule has 0 aliphatic heterocycles. The van der Waals surface area contributed by atoms with Gasteiger partial charge < -0.3 is 9.84 Å². The number of nitrogens with zero attached hydrogens (tertiary/aromatic N) is 2. The van der Waals surface area contributed by atoms with Crippen molar-refractivity contribution in [3.05, 3.63) is 95.9 Å². The van der Waals surface area contributed by atoms with Crippen LogP contribution in [-0.2, 0) is 16.6 Å². The number of aromatic nitrogens is 2. The summed E-state index contributed by atoms with van der Waals surface area (Å²) in [5.41, 5.74) is 2.11. The fourth-order valence-corrected chi connectivity index (χ4v) is 4.11. The Bertz CT molecular complexity index is 1340. The fourth-order valence-electron chi connectivity index (χ4n) is 2.97. The molecule has 4 aromatic rings. The molecular formula is C23H20N4O4S. The second kappa shape index (κ2) is 9.03. The summed E-state index contributed by atoms with van der Waals surface area (Å²) >= 11 is 0. The van der Waals surface area contributed by atoms with Crippen LogP contribution in [0.1, 0.15) is 21.8 Å². The molecule has 0 spiro atoms. The third-order valence-electron chi connectivity index (χ3n) is 4.70. The molecule has 32 heavy (non-hydrogen) atoms. The minimum Gasteiger partial charge on any atom is -0.343 e. The van der Waals surface area contributed by atoms with Gasteiger partial charge in [0.05, 0.1) is 17.1 Å². The number of hydrogen-bond acceptors (Lipinski definition) is 6. The molecule has 0 fully saturated rings. The van der Waals surface area contributed by atoms with Crippen LogP contribution in [0.15, 0.2) is 88.3 Å². The van der Waals surface area contributed by atoms with Crippen molar-refractivity contribution in [2.24, 2.45) is 0 Å². The van der Waals surface area contributed by atoms with Gasteiger partial charge in [0, 0.05) is 11.1 Å². The molecule has 1 aromatic heterocycles. The van der Waals surface area contributed by atoms with Crippen molar-refractivity contribution in [1.29, 1.82) is 0 Å². The number of benzene rings is 3. The van der Waals surface area contributed by atoms with Gasteiger partial charge in [0.15, 0.2) is 0 Å². The van der Waals surface area contributed by atoms with E-state index < -0.39 is 15.9 Å². The zero-order valence-electron chi connectivity index (χ0n) is 17.1. The molecule has 1 heterocycles. The standard InChI is InChI=1S/C23H20N4O4S/c1-16-12-13-18(14-20(16)27-32(29,30)19-10-6-3-7-11-19)23(28)24-15-21-25-22(26-31-21)17-8-4-2-5-9-17/h2-14,27H,15H2,1H3,(H,24,28). The Labute approximate surface area is 185 Å². The van der Waals surface area contributed by atoms with Crippen LogP contribution in [0.4, 0.5) is 5.69 Å². The number of rotatable bonds is 7. The highest BCUT2D eigenvalue weighted by Gasteiger charge is 2.17. The van der Waals surface area contributed by atoms with Crippen molar-refractivity contribution >= 4 is 21.6 Å². The smallest absolute Gasteiger partial charge is 0.261 e. The van der Waals surface area contributed by atoms with E-state index in [0.29, 0.717) is 22.6 Å². The molecule has 0 radical (unpaired) electrons. The predicted molar refractivity (Wildman–Crippen MR) is 119 cm³/mol. The van der Waals surface area contributed by atoms with Crippen molar-refractivity contribution in [2.45, 2.75) is 18.4 Å². The molecule has 0 atom stereocenters. The summed E-state index contributed by atoms with van der Waals surface area (Å²) in [7, 11) is -3.77. The molecule has 8 nitrogen and oxygen atoms in total. The van der Waals surface area contributed by atoms with Crippen molar-refractivity contribution in [1.82, 2.24) is 15.5 Å². The van der Waals surface area contributed by atoms with Crippen LogP contribution in [0.25, 0.3) is 11.4 Å². The second-order valence-corrected chi connectivity index (χ2v) is 8.69. The van der Waals surface area contributed by atoms with Gasteiger partial charge in [0.1, 0.15) is 0 Å². The highest BCUT2D eigenvalue weighted by atomic mass is 32.2. The minimum absolute atomic E-state index is 0.0393. The zero-order chi connectivity index (χ0) is 22.6. The van der Waals surface area contributed by atoms with Crippen LogP contribution in [0.3, 0.4) is 0 Å². The highest BCUT2D eigenvalue weighted by Crippen LogP contribution is 2.21. The van der Waals surface area contributed by atoms with Crippen LogP contribution >= 0.6 is 0 Å². The van der Waals surface area contributed by atoms with Gasteiger partial charge in [-0.25, -0.2) is 8.42 Å². The van der Waals surface area contributed by atoms with Crippen molar-refractivity contribution in [2.75, 3.05) is 4.72 Å². The van der Waals surface area contributed by atoms with Crippen LogP contribution in [-0.4, -0.2) is 24.5 Å². The largest absolute Gasteiger partial charge is 0.343 e. The lowest BCUT2D eigenvalue weighted by Gasteiger charge is -2.12. The van der Waals surface area contributed by atoms with E-state index >= 15 is 0 Å². The molecule has 162 valence electrons. The molecule has 2 N–H and O–H groups in total. The fraction of sp³-hybridized carbons (Fsp3) is 0.0870. The van der Waals surface area contributed by atoms with Crippen LogP contribution in [0.2, 0.25) is 0 Å². The van der Waals surface area contributed by atoms with Crippen molar-refractivity contribution in [3.63, 3.8) is 0 Å². The quantitative estimate of drug-likeness (QED) is 0.445. The first-order valence-electron chi connectivity index (χ1n) is 9.77. The molecule has 0 saturated carbocycles. The molecule has 0 aliphatic rings. The lowest BCUT2D eigenvalue weighted by atomic mass is 10.1. The van der Waals surface area contributed by atoms with E-state index in [-0.39, 0.29) is 17.3 Å². The lowest BCUT2D eigenvalue weighted by Crippen LogP contribution is -2.23. The van der Waals surface area contributed by atoms with Gasteiger partial charge in [-0.3, -0.25) is 9.52 Å². The van der Waals surface area contributed by atoms with Gasteiger partial charge in [0.25, 0.3) is 15.9 Å². The number of carbonyl (C=O) groups is 1. The van der Waals surface area contributed by atoms with E-state index in [1.165, 1.54) is 18.2 Å². The number of anilines is 1.